The molecule has 0 aliphatic heterocycles. The van der Waals surface area contributed by atoms with Crippen LogP contribution in [-0.2, 0) is 6.54 Å². The van der Waals surface area contributed by atoms with E-state index in [-0.39, 0.29) is 5.56 Å². The molecule has 0 bridgehead atoms. The number of hydrogen-bond donors (Lipinski definition) is 2. The smallest absolute Gasteiger partial charge is 0.342 e. The predicted molar refractivity (Wildman–Crippen MR) is 69.4 cm³/mol. The van der Waals surface area contributed by atoms with Gasteiger partial charge in [0.1, 0.15) is 5.56 Å². The van der Waals surface area contributed by atoms with E-state index in [0.29, 0.717) is 12.5 Å². The summed E-state index contributed by atoms with van der Waals surface area (Å²) < 4.78 is 1.31. The summed E-state index contributed by atoms with van der Waals surface area (Å²) in [6.45, 7) is 2.69. The highest BCUT2D eigenvalue weighted by Crippen LogP contribution is 2.28. The van der Waals surface area contributed by atoms with E-state index in [4.69, 9.17) is 5.11 Å². The molecule has 1 aliphatic carbocycles. The van der Waals surface area contributed by atoms with Crippen molar-refractivity contribution in [3.63, 3.8) is 0 Å². The number of carboxylic acid groups (broad SMARTS) is 1. The molecule has 1 aromatic rings. The van der Waals surface area contributed by atoms with Crippen LogP contribution >= 0.6 is 0 Å². The Morgan fingerprint density at radius 1 is 1.37 bits per heavy atom. The maximum Gasteiger partial charge on any atom is 0.342 e. The van der Waals surface area contributed by atoms with Crippen molar-refractivity contribution < 1.29 is 9.90 Å². The number of hydrogen-bond acceptors (Lipinski definition) is 3. The molecular formula is C13H18N2O4. The van der Waals surface area contributed by atoms with Crippen molar-refractivity contribution in [1.29, 1.82) is 0 Å². The third-order valence-corrected chi connectivity index (χ3v) is 3.83. The first-order valence-corrected chi connectivity index (χ1v) is 6.54. The quantitative estimate of drug-likeness (QED) is 0.855. The molecule has 1 heterocycles. The summed E-state index contributed by atoms with van der Waals surface area (Å²) >= 11 is 0. The zero-order valence-corrected chi connectivity index (χ0v) is 10.9. The fraction of sp³-hybridized carbons (Fsp3) is 0.615. The molecule has 0 amide bonds. The summed E-state index contributed by atoms with van der Waals surface area (Å²) in [5.74, 6) is -0.216. The molecule has 1 aliphatic rings. The largest absolute Gasteiger partial charge is 0.477 e. The maximum absolute atomic E-state index is 11.7. The predicted octanol–water partition coefficient (Wildman–Crippen LogP) is 1.06. The summed E-state index contributed by atoms with van der Waals surface area (Å²) in [5, 5.41) is 8.89. The molecule has 1 aromatic heterocycles. The van der Waals surface area contributed by atoms with Crippen LogP contribution < -0.4 is 11.2 Å². The minimum atomic E-state index is -1.31. The molecule has 6 heteroatoms. The van der Waals surface area contributed by atoms with Gasteiger partial charge in [0.2, 0.25) is 0 Å². The molecule has 2 rings (SSSR count). The van der Waals surface area contributed by atoms with E-state index in [1.54, 1.807) is 0 Å². The lowest BCUT2D eigenvalue weighted by Gasteiger charge is -2.26. The van der Waals surface area contributed by atoms with Crippen LogP contribution in [0.4, 0.5) is 0 Å². The Hall–Kier alpha value is -1.85. The number of rotatable bonds is 3. The van der Waals surface area contributed by atoms with Crippen LogP contribution in [0, 0.1) is 11.8 Å². The number of nitrogens with zero attached hydrogens (tertiary/aromatic N) is 1. The standard InChI is InChI=1S/C13H18N2O4/c1-8-2-4-9(5-3-8)6-15-7-10(12(17)18)11(16)14-13(15)19/h7-9H,2-6H2,1H3,(H,17,18)(H,14,16,19). The van der Waals surface area contributed by atoms with Crippen molar-refractivity contribution in [1.82, 2.24) is 9.55 Å². The number of H-pyrrole nitrogens is 1. The number of aromatic carboxylic acids is 1. The van der Waals surface area contributed by atoms with Gasteiger partial charge in [-0.3, -0.25) is 14.3 Å². The molecule has 6 nitrogen and oxygen atoms in total. The number of aromatic amines is 1. The molecule has 19 heavy (non-hydrogen) atoms. The van der Waals surface area contributed by atoms with Gasteiger partial charge in [-0.2, -0.15) is 0 Å². The van der Waals surface area contributed by atoms with Crippen molar-refractivity contribution in [2.24, 2.45) is 11.8 Å². The highest BCUT2D eigenvalue weighted by molar-refractivity contribution is 5.86. The van der Waals surface area contributed by atoms with Crippen molar-refractivity contribution in [3.05, 3.63) is 32.6 Å². The van der Waals surface area contributed by atoms with Crippen LogP contribution in [0.15, 0.2) is 15.8 Å². The van der Waals surface area contributed by atoms with E-state index in [0.717, 1.165) is 37.8 Å². The SMILES string of the molecule is CC1CCC(Cn2cc(C(=O)O)c(=O)[nH]c2=O)CC1. The van der Waals surface area contributed by atoms with Gasteiger partial charge in [0.15, 0.2) is 0 Å². The number of nitrogens with one attached hydrogen (secondary N) is 1. The lowest BCUT2D eigenvalue weighted by molar-refractivity contribution is 0.0693. The second kappa shape index (κ2) is 5.42. The molecule has 1 fully saturated rings. The number of carboxylic acids is 1. The Morgan fingerprint density at radius 2 is 2.00 bits per heavy atom. The molecule has 2 N–H and O–H groups in total. The fourth-order valence-corrected chi connectivity index (χ4v) is 2.59. The molecule has 104 valence electrons. The van der Waals surface area contributed by atoms with Gasteiger partial charge in [0, 0.05) is 12.7 Å². The minimum absolute atomic E-state index is 0.376. The number of carbonyl (C=O) groups is 1. The van der Waals surface area contributed by atoms with E-state index in [2.05, 4.69) is 11.9 Å². The van der Waals surface area contributed by atoms with E-state index in [1.807, 2.05) is 0 Å². The van der Waals surface area contributed by atoms with Crippen molar-refractivity contribution in [3.8, 4) is 0 Å². The molecule has 0 saturated heterocycles. The molecule has 1 saturated carbocycles. The van der Waals surface area contributed by atoms with E-state index < -0.39 is 17.2 Å². The maximum atomic E-state index is 11.7. The monoisotopic (exact) mass is 266 g/mol. The Labute approximate surface area is 110 Å². The Kier molecular flexibility index (Phi) is 3.87. The topological polar surface area (TPSA) is 92.2 Å². The van der Waals surface area contributed by atoms with E-state index >= 15 is 0 Å². The normalized spacial score (nSPS) is 23.2. The second-order valence-electron chi connectivity index (χ2n) is 5.39. The number of aromatic nitrogens is 2. The van der Waals surface area contributed by atoms with Gasteiger partial charge in [-0.1, -0.05) is 19.8 Å². The fourth-order valence-electron chi connectivity index (χ4n) is 2.59. The van der Waals surface area contributed by atoms with Gasteiger partial charge >= 0.3 is 11.7 Å². The van der Waals surface area contributed by atoms with E-state index in [1.165, 1.54) is 4.57 Å². The van der Waals surface area contributed by atoms with Crippen LogP contribution in [0.5, 0.6) is 0 Å². The average Bonchev–Trinajstić information content (AvgIpc) is 2.34. The van der Waals surface area contributed by atoms with Gasteiger partial charge in [0.05, 0.1) is 0 Å². The molecule has 0 aromatic carbocycles. The molecule has 0 atom stereocenters. The van der Waals surface area contributed by atoms with Gasteiger partial charge in [-0.15, -0.1) is 0 Å². The Balaban J connectivity index is 2.21. The molecule has 0 spiro atoms. The lowest BCUT2D eigenvalue weighted by Crippen LogP contribution is -2.35. The summed E-state index contributed by atoms with van der Waals surface area (Å²) in [4.78, 5) is 35.9. The zero-order valence-electron chi connectivity index (χ0n) is 10.9. The first-order chi connectivity index (χ1) is 8.97. The molecule has 0 radical (unpaired) electrons. The first-order valence-electron chi connectivity index (χ1n) is 6.54. The molecular weight excluding hydrogens is 248 g/mol. The highest BCUT2D eigenvalue weighted by atomic mass is 16.4. The second-order valence-corrected chi connectivity index (χ2v) is 5.39. The Morgan fingerprint density at radius 3 is 2.58 bits per heavy atom. The molecule has 0 unspecified atom stereocenters. The Bertz CT molecular complexity index is 579. The summed E-state index contributed by atoms with van der Waals surface area (Å²) in [6.07, 6.45) is 5.49. The lowest BCUT2D eigenvalue weighted by atomic mass is 9.83. The van der Waals surface area contributed by atoms with Gasteiger partial charge in [0.25, 0.3) is 5.56 Å². The van der Waals surface area contributed by atoms with Crippen molar-refractivity contribution in [2.45, 2.75) is 39.2 Å². The average molecular weight is 266 g/mol. The summed E-state index contributed by atoms with van der Waals surface area (Å²) in [5.41, 5.74) is -1.76. The van der Waals surface area contributed by atoms with Crippen LogP contribution in [0.3, 0.4) is 0 Å². The van der Waals surface area contributed by atoms with Crippen molar-refractivity contribution in [2.75, 3.05) is 0 Å². The summed E-state index contributed by atoms with van der Waals surface area (Å²) in [7, 11) is 0. The van der Waals surface area contributed by atoms with Crippen LogP contribution in [0.25, 0.3) is 0 Å². The first kappa shape index (κ1) is 13.6. The third-order valence-electron chi connectivity index (χ3n) is 3.83. The van der Waals surface area contributed by atoms with Gasteiger partial charge < -0.3 is 5.11 Å². The van der Waals surface area contributed by atoms with E-state index in [9.17, 15) is 14.4 Å². The van der Waals surface area contributed by atoms with Crippen LogP contribution in [-0.4, -0.2) is 20.6 Å². The van der Waals surface area contributed by atoms with Gasteiger partial charge in [-0.25, -0.2) is 9.59 Å². The third kappa shape index (κ3) is 3.13. The minimum Gasteiger partial charge on any atom is -0.477 e. The van der Waals surface area contributed by atoms with Gasteiger partial charge in [-0.05, 0) is 24.7 Å². The zero-order chi connectivity index (χ0) is 14.0. The van der Waals surface area contributed by atoms with Crippen molar-refractivity contribution >= 4 is 5.97 Å². The summed E-state index contributed by atoms with van der Waals surface area (Å²) in [6, 6.07) is 0. The van der Waals surface area contributed by atoms with Crippen LogP contribution in [0.1, 0.15) is 43.0 Å². The van der Waals surface area contributed by atoms with Crippen LogP contribution in [0.2, 0.25) is 0 Å². The highest BCUT2D eigenvalue weighted by Gasteiger charge is 2.20.